The average Bonchev–Trinajstić information content (AvgIpc) is 2.14. The molecule has 0 saturated carbocycles. The molecule has 3 N–H and O–H groups in total. The van der Waals surface area contributed by atoms with Crippen molar-refractivity contribution in [3.8, 4) is 5.75 Å². The lowest BCUT2D eigenvalue weighted by molar-refractivity contribution is 0.437. The number of hydrogen-bond acceptors (Lipinski definition) is 3. The van der Waals surface area contributed by atoms with Crippen LogP contribution in [0, 0.1) is 5.82 Å². The Morgan fingerprint density at radius 1 is 1.43 bits per heavy atom. The molecule has 72 valence electrons. The Hall–Kier alpha value is -1.36. The zero-order valence-electron chi connectivity index (χ0n) is 6.96. The van der Waals surface area contributed by atoms with Crippen LogP contribution in [0.15, 0.2) is 22.7 Å². The third-order valence-electron chi connectivity index (χ3n) is 1.88. The van der Waals surface area contributed by atoms with Gasteiger partial charge in [-0.25, -0.2) is 9.37 Å². The summed E-state index contributed by atoms with van der Waals surface area (Å²) in [6.07, 6.45) is 0. The highest BCUT2D eigenvalue weighted by Crippen LogP contribution is 2.32. The number of aromatic hydroxyl groups is 1. The number of nitrogens with two attached hydrogens (primary N) is 1. The number of hydrogen-bond donors (Lipinski definition) is 2. The van der Waals surface area contributed by atoms with Crippen molar-refractivity contribution in [2.75, 3.05) is 5.73 Å². The van der Waals surface area contributed by atoms with Crippen LogP contribution in [0.1, 0.15) is 0 Å². The summed E-state index contributed by atoms with van der Waals surface area (Å²) in [5, 5.41) is 9.79. The molecule has 14 heavy (non-hydrogen) atoms. The summed E-state index contributed by atoms with van der Waals surface area (Å²) in [5.41, 5.74) is 5.91. The van der Waals surface area contributed by atoms with Crippen molar-refractivity contribution in [3.05, 3.63) is 28.5 Å². The molecule has 0 unspecified atom stereocenters. The van der Waals surface area contributed by atoms with Crippen LogP contribution < -0.4 is 5.73 Å². The zero-order valence-corrected chi connectivity index (χ0v) is 8.55. The maximum Gasteiger partial charge on any atom is 0.179 e. The summed E-state index contributed by atoms with van der Waals surface area (Å²) in [5.74, 6) is -0.777. The first-order valence-corrected chi connectivity index (χ1v) is 4.62. The van der Waals surface area contributed by atoms with E-state index in [4.69, 9.17) is 5.73 Å². The molecule has 0 aliphatic heterocycles. The first-order valence-electron chi connectivity index (χ1n) is 3.83. The fourth-order valence-electron chi connectivity index (χ4n) is 1.22. The van der Waals surface area contributed by atoms with Crippen LogP contribution in [0.2, 0.25) is 0 Å². The molecule has 1 aromatic carbocycles. The van der Waals surface area contributed by atoms with Gasteiger partial charge in [-0.3, -0.25) is 0 Å². The van der Waals surface area contributed by atoms with E-state index in [-0.39, 0.29) is 4.47 Å². The molecule has 0 aliphatic rings. The first kappa shape index (κ1) is 9.21. The molecule has 0 radical (unpaired) electrons. The Morgan fingerprint density at radius 2 is 2.14 bits per heavy atom. The van der Waals surface area contributed by atoms with E-state index < -0.39 is 11.6 Å². The second kappa shape index (κ2) is 3.09. The number of nitrogens with zero attached hydrogens (tertiary/aromatic N) is 1. The lowest BCUT2D eigenvalue weighted by atomic mass is 10.2. The van der Waals surface area contributed by atoms with E-state index in [1.807, 2.05) is 0 Å². The van der Waals surface area contributed by atoms with Crippen molar-refractivity contribution in [2.45, 2.75) is 0 Å². The number of phenolic OH excluding ortho intramolecular Hbond substituents is 1. The number of aromatic nitrogens is 1. The second-order valence-electron chi connectivity index (χ2n) is 2.82. The van der Waals surface area contributed by atoms with Gasteiger partial charge in [0, 0.05) is 5.39 Å². The van der Waals surface area contributed by atoms with Crippen molar-refractivity contribution in [2.24, 2.45) is 0 Å². The molecule has 1 aromatic heterocycles. The minimum absolute atomic E-state index is 0.167. The molecule has 0 spiro atoms. The van der Waals surface area contributed by atoms with Gasteiger partial charge in [0.05, 0.1) is 9.99 Å². The zero-order chi connectivity index (χ0) is 10.3. The summed E-state index contributed by atoms with van der Waals surface area (Å²) in [7, 11) is 0. The standard InChI is InChI=1S/C9H6BrFN2O/c10-5-3-6-4(9(14)8(5)11)1-2-7(12)13-6/h1-3,14H,(H2,12,13). The van der Waals surface area contributed by atoms with Crippen LogP contribution >= 0.6 is 15.9 Å². The summed E-state index contributed by atoms with van der Waals surface area (Å²) < 4.78 is 13.4. The van der Waals surface area contributed by atoms with Gasteiger partial charge < -0.3 is 10.8 Å². The van der Waals surface area contributed by atoms with Crippen LogP contribution in [-0.2, 0) is 0 Å². The van der Waals surface area contributed by atoms with Gasteiger partial charge in [-0.2, -0.15) is 0 Å². The number of nitrogen functional groups attached to an aromatic ring is 1. The molecular weight excluding hydrogens is 251 g/mol. The number of pyridine rings is 1. The molecule has 0 saturated heterocycles. The van der Waals surface area contributed by atoms with Crippen molar-refractivity contribution < 1.29 is 9.50 Å². The van der Waals surface area contributed by atoms with Gasteiger partial charge in [-0.05, 0) is 34.1 Å². The van der Waals surface area contributed by atoms with Crippen molar-refractivity contribution in [1.82, 2.24) is 4.98 Å². The van der Waals surface area contributed by atoms with Crippen LogP contribution in [0.25, 0.3) is 10.9 Å². The third kappa shape index (κ3) is 1.29. The minimum Gasteiger partial charge on any atom is -0.504 e. The van der Waals surface area contributed by atoms with E-state index in [0.717, 1.165) is 0 Å². The van der Waals surface area contributed by atoms with Crippen LogP contribution in [-0.4, -0.2) is 10.1 Å². The second-order valence-corrected chi connectivity index (χ2v) is 3.68. The number of halogens is 2. The fraction of sp³-hybridized carbons (Fsp3) is 0. The van der Waals surface area contributed by atoms with E-state index in [1.54, 1.807) is 0 Å². The normalized spacial score (nSPS) is 10.7. The van der Waals surface area contributed by atoms with Crippen LogP contribution in [0.3, 0.4) is 0 Å². The molecule has 0 fully saturated rings. The number of fused-ring (bicyclic) bond motifs is 1. The smallest absolute Gasteiger partial charge is 0.179 e. The molecule has 3 nitrogen and oxygen atoms in total. The minimum atomic E-state index is -0.691. The Morgan fingerprint density at radius 3 is 2.86 bits per heavy atom. The van der Waals surface area contributed by atoms with Crippen molar-refractivity contribution in [3.63, 3.8) is 0 Å². The van der Waals surface area contributed by atoms with Gasteiger partial charge in [0.25, 0.3) is 0 Å². The van der Waals surface area contributed by atoms with E-state index in [1.165, 1.54) is 18.2 Å². The molecule has 0 aliphatic carbocycles. The van der Waals surface area contributed by atoms with Crippen LogP contribution in [0.4, 0.5) is 10.2 Å². The average molecular weight is 257 g/mol. The van der Waals surface area contributed by atoms with E-state index in [2.05, 4.69) is 20.9 Å². The Balaban J connectivity index is 2.91. The van der Waals surface area contributed by atoms with Crippen molar-refractivity contribution >= 4 is 32.7 Å². The van der Waals surface area contributed by atoms with Gasteiger partial charge in [0.15, 0.2) is 11.6 Å². The molecule has 2 aromatic rings. The van der Waals surface area contributed by atoms with E-state index >= 15 is 0 Å². The highest BCUT2D eigenvalue weighted by atomic mass is 79.9. The highest BCUT2D eigenvalue weighted by Gasteiger charge is 2.11. The third-order valence-corrected chi connectivity index (χ3v) is 2.46. The largest absolute Gasteiger partial charge is 0.504 e. The predicted molar refractivity (Wildman–Crippen MR) is 55.5 cm³/mol. The lowest BCUT2D eigenvalue weighted by Crippen LogP contribution is -1.91. The summed E-state index contributed by atoms with van der Waals surface area (Å²) >= 11 is 2.98. The number of phenols is 1. The molecule has 0 amide bonds. The number of benzene rings is 1. The molecule has 5 heteroatoms. The van der Waals surface area contributed by atoms with Gasteiger partial charge in [-0.15, -0.1) is 0 Å². The molecular formula is C9H6BrFN2O. The summed E-state index contributed by atoms with van der Waals surface area (Å²) in [6, 6.07) is 4.51. The summed E-state index contributed by atoms with van der Waals surface area (Å²) in [4.78, 5) is 3.96. The fourth-order valence-corrected chi connectivity index (χ4v) is 1.62. The molecule has 0 bridgehead atoms. The Labute approximate surface area is 87.5 Å². The lowest BCUT2D eigenvalue weighted by Gasteiger charge is -2.04. The SMILES string of the molecule is Nc1ccc2c(O)c(F)c(Br)cc2n1. The van der Waals surface area contributed by atoms with E-state index in [9.17, 15) is 9.50 Å². The highest BCUT2D eigenvalue weighted by molar-refractivity contribution is 9.10. The molecule has 2 rings (SSSR count). The predicted octanol–water partition coefficient (Wildman–Crippen LogP) is 2.42. The van der Waals surface area contributed by atoms with Gasteiger partial charge in [-0.1, -0.05) is 0 Å². The number of anilines is 1. The van der Waals surface area contributed by atoms with E-state index in [0.29, 0.717) is 16.7 Å². The first-order chi connectivity index (χ1) is 6.59. The van der Waals surface area contributed by atoms with Gasteiger partial charge >= 0.3 is 0 Å². The quantitative estimate of drug-likeness (QED) is 0.761. The monoisotopic (exact) mass is 256 g/mol. The van der Waals surface area contributed by atoms with Crippen LogP contribution in [0.5, 0.6) is 5.75 Å². The van der Waals surface area contributed by atoms with Gasteiger partial charge in [0.1, 0.15) is 5.82 Å². The molecule has 0 atom stereocenters. The summed E-state index contributed by atoms with van der Waals surface area (Å²) in [6.45, 7) is 0. The topological polar surface area (TPSA) is 59.1 Å². The molecule has 1 heterocycles. The number of rotatable bonds is 0. The maximum atomic E-state index is 13.2. The Bertz CT molecular complexity index is 516. The Kier molecular flexibility index (Phi) is 2.03. The van der Waals surface area contributed by atoms with Crippen molar-refractivity contribution in [1.29, 1.82) is 0 Å². The maximum absolute atomic E-state index is 13.2. The van der Waals surface area contributed by atoms with Gasteiger partial charge in [0.2, 0.25) is 0 Å².